The first-order chi connectivity index (χ1) is 12.6. The van der Waals surface area contributed by atoms with E-state index in [0.717, 1.165) is 16.6 Å². The highest BCUT2D eigenvalue weighted by Gasteiger charge is 2.14. The number of hydrogen-bond acceptors (Lipinski definition) is 6. The lowest BCUT2D eigenvalue weighted by Crippen LogP contribution is -2.18. The van der Waals surface area contributed by atoms with Crippen molar-refractivity contribution < 1.29 is 19.0 Å². The van der Waals surface area contributed by atoms with E-state index in [2.05, 4.69) is 37.2 Å². The van der Waals surface area contributed by atoms with Crippen LogP contribution in [0.5, 0.6) is 0 Å². The second kappa shape index (κ2) is 12.6. The fourth-order valence-electron chi connectivity index (χ4n) is 1.78. The van der Waals surface area contributed by atoms with Crippen LogP contribution < -0.4 is 5.32 Å². The Bertz CT molecular complexity index is 829. The summed E-state index contributed by atoms with van der Waals surface area (Å²) >= 11 is 6.26. The predicted octanol–water partition coefficient (Wildman–Crippen LogP) is 5.41. The summed E-state index contributed by atoms with van der Waals surface area (Å²) in [5, 5.41) is 23.8. The highest BCUT2D eigenvalue weighted by molar-refractivity contribution is 9.10. The number of benzene rings is 2. The minimum Gasteiger partial charge on any atom is -0.380 e. The highest BCUT2D eigenvalue weighted by Crippen LogP contribution is 2.27. The van der Waals surface area contributed by atoms with Gasteiger partial charge in [-0.25, -0.2) is 0 Å². The molecule has 0 bridgehead atoms. The van der Waals surface area contributed by atoms with Gasteiger partial charge in [-0.15, -0.1) is 0 Å². The van der Waals surface area contributed by atoms with Gasteiger partial charge in [0.1, 0.15) is 5.69 Å². The van der Waals surface area contributed by atoms with E-state index in [1.807, 2.05) is 6.92 Å². The summed E-state index contributed by atoms with van der Waals surface area (Å²) in [6.45, 7) is 2.41. The zero-order valence-corrected chi connectivity index (χ0v) is 19.0. The molecule has 0 amide bonds. The Kier molecular flexibility index (Phi) is 11.9. The lowest BCUT2D eigenvalue weighted by Gasteiger charge is -2.12. The quantitative estimate of drug-likeness (QED) is 0.386. The second-order valence-electron chi connectivity index (χ2n) is 5.20. The third-order valence-corrected chi connectivity index (χ3v) is 4.23. The number of nitro benzene ring substituents is 2. The fraction of sp³-hybridized carbons (Fsp3) is 0.250. The molecule has 0 aromatic heterocycles. The van der Waals surface area contributed by atoms with E-state index in [1.54, 1.807) is 19.2 Å². The molecular weight excluding hydrogens is 525 g/mol. The first-order valence-corrected chi connectivity index (χ1v) is 9.04. The van der Waals surface area contributed by atoms with Crippen molar-refractivity contribution in [1.82, 2.24) is 0 Å². The zero-order chi connectivity index (χ0) is 20.6. The molecule has 1 atom stereocenters. The van der Waals surface area contributed by atoms with Crippen molar-refractivity contribution in [3.63, 3.8) is 0 Å². The smallest absolute Gasteiger partial charge is 0.304 e. The number of nitrogens with zero attached hydrogens (tertiary/aromatic N) is 2. The van der Waals surface area contributed by atoms with E-state index < -0.39 is 21.4 Å². The Morgan fingerprint density at radius 2 is 1.57 bits per heavy atom. The minimum absolute atomic E-state index is 0. The van der Waals surface area contributed by atoms with E-state index in [-0.39, 0.29) is 25.3 Å². The molecule has 0 radical (unpaired) electrons. The maximum atomic E-state index is 12.6. The lowest BCUT2D eigenvalue weighted by atomic mass is 10.2. The maximum absolute atomic E-state index is 12.6. The van der Waals surface area contributed by atoms with Crippen LogP contribution >= 0.6 is 45.4 Å². The number of ether oxygens (including phenoxy) is 1. The summed E-state index contributed by atoms with van der Waals surface area (Å²) in [5.74, 6) is -0.829. The molecule has 2 aromatic carbocycles. The highest BCUT2D eigenvalue weighted by atomic mass is 79.9. The Balaban J connectivity index is 0.000000535. The Hall–Kier alpha value is -1.76. The monoisotopic (exact) mass is 541 g/mol. The fourth-order valence-corrected chi connectivity index (χ4v) is 2.47. The van der Waals surface area contributed by atoms with Crippen LogP contribution in [0.1, 0.15) is 6.92 Å². The number of rotatable bonds is 6. The molecule has 0 unspecified atom stereocenters. The van der Waals surface area contributed by atoms with Crippen LogP contribution in [0.3, 0.4) is 0 Å². The number of nitro groups is 2. The molecule has 28 heavy (non-hydrogen) atoms. The van der Waals surface area contributed by atoms with E-state index >= 15 is 0 Å². The summed E-state index contributed by atoms with van der Waals surface area (Å²) in [6, 6.07) is 8.37. The van der Waals surface area contributed by atoms with Gasteiger partial charge in [0.15, 0.2) is 0 Å². The van der Waals surface area contributed by atoms with Crippen molar-refractivity contribution in [2.75, 3.05) is 19.0 Å². The number of halogens is 3. The normalized spacial score (nSPS) is 10.8. The van der Waals surface area contributed by atoms with Gasteiger partial charge in [0.05, 0.1) is 16.0 Å². The molecule has 0 spiro atoms. The first-order valence-electron chi connectivity index (χ1n) is 7.45. The van der Waals surface area contributed by atoms with Crippen LogP contribution in [-0.2, 0) is 4.74 Å². The van der Waals surface area contributed by atoms with Crippen LogP contribution in [0, 0.1) is 26.0 Å². The summed E-state index contributed by atoms with van der Waals surface area (Å²) in [7, 11) is 1.60. The van der Waals surface area contributed by atoms with E-state index in [1.165, 1.54) is 12.1 Å². The lowest BCUT2D eigenvalue weighted by molar-refractivity contribution is -0.387. The van der Waals surface area contributed by atoms with Gasteiger partial charge in [0.25, 0.3) is 5.69 Å². The van der Waals surface area contributed by atoms with Gasteiger partial charge in [-0.3, -0.25) is 20.2 Å². The van der Waals surface area contributed by atoms with Crippen molar-refractivity contribution in [3.05, 3.63) is 71.4 Å². The summed E-state index contributed by atoms with van der Waals surface area (Å²) in [4.78, 5) is 19.7. The average molecular weight is 543 g/mol. The van der Waals surface area contributed by atoms with Crippen molar-refractivity contribution in [1.29, 1.82) is 0 Å². The van der Waals surface area contributed by atoms with Crippen molar-refractivity contribution in [2.24, 2.45) is 0 Å². The number of methoxy groups -OCH3 is 1. The largest absolute Gasteiger partial charge is 0.380 e. The van der Waals surface area contributed by atoms with Crippen LogP contribution in [0.4, 0.5) is 21.5 Å². The molecule has 0 heterocycles. The third-order valence-electron chi connectivity index (χ3n) is 3.24. The molecule has 2 rings (SSSR count). The maximum Gasteiger partial charge on any atom is 0.304 e. The van der Waals surface area contributed by atoms with Crippen molar-refractivity contribution >= 4 is 62.4 Å². The molecule has 0 aliphatic rings. The van der Waals surface area contributed by atoms with Crippen molar-refractivity contribution in [3.8, 4) is 0 Å². The summed E-state index contributed by atoms with van der Waals surface area (Å²) in [5.41, 5.74) is 0.0444. The number of anilines is 1. The van der Waals surface area contributed by atoms with Gasteiger partial charge in [0.2, 0.25) is 5.82 Å². The summed E-state index contributed by atoms with van der Waals surface area (Å²) < 4.78 is 19.0. The van der Waals surface area contributed by atoms with Gasteiger partial charge < -0.3 is 10.1 Å². The predicted molar refractivity (Wildman–Crippen MR) is 117 cm³/mol. The third kappa shape index (κ3) is 8.50. The van der Waals surface area contributed by atoms with Crippen molar-refractivity contribution in [2.45, 2.75) is 13.0 Å². The van der Waals surface area contributed by atoms with E-state index in [9.17, 15) is 24.6 Å². The Labute approximate surface area is 184 Å². The number of hydrogen-bond donors (Lipinski definition) is 1. The first kappa shape index (κ1) is 26.2. The molecule has 0 aliphatic carbocycles. The van der Waals surface area contributed by atoms with Gasteiger partial charge >= 0.3 is 5.69 Å². The topological polar surface area (TPSA) is 108 Å². The van der Waals surface area contributed by atoms with E-state index in [4.69, 9.17) is 4.74 Å². The molecule has 0 saturated carbocycles. The molecule has 8 nitrogen and oxygen atoms in total. The van der Waals surface area contributed by atoms with E-state index in [0.29, 0.717) is 16.7 Å². The van der Waals surface area contributed by atoms with Crippen LogP contribution in [0.15, 0.2) is 45.3 Å². The molecule has 1 N–H and O–H groups in total. The average Bonchev–Trinajstić information content (AvgIpc) is 2.59. The second-order valence-corrected chi connectivity index (χ2v) is 7.03. The molecule has 154 valence electrons. The Morgan fingerprint density at radius 3 is 2.04 bits per heavy atom. The summed E-state index contributed by atoms with van der Waals surface area (Å²) in [6.07, 6.45) is -0.00131. The molecular formula is C16H18Br2FN3O5S. The standard InChI is InChI=1S/C10H13BrN2O3.C6H3BrFNO2.H2S/c1-7(16-2)6-12-9-5-8(11)3-4-10(9)13(14)15;7-4-1-2-6(9(10)11)5(8)3-4;/h3-5,7,12H,6H2,1-2H3;1-3H;1H2/t7-;;/m0../s1. The SMILES string of the molecule is CO[C@@H](C)CNc1cc(Br)ccc1[N+](=O)[O-].O=[N+]([O-])c1ccc(Br)cc1F.S. The Morgan fingerprint density at radius 1 is 1.07 bits per heavy atom. The molecule has 0 fully saturated rings. The van der Waals surface area contributed by atoms with Crippen LogP contribution in [0.2, 0.25) is 0 Å². The number of nitrogens with one attached hydrogen (secondary N) is 1. The van der Waals surface area contributed by atoms with Gasteiger partial charge in [-0.1, -0.05) is 31.9 Å². The van der Waals surface area contributed by atoms with Gasteiger partial charge in [-0.05, 0) is 31.2 Å². The molecule has 0 aliphatic heterocycles. The minimum atomic E-state index is -0.829. The molecule has 12 heteroatoms. The molecule has 2 aromatic rings. The van der Waals surface area contributed by atoms with Crippen LogP contribution in [-0.4, -0.2) is 29.6 Å². The van der Waals surface area contributed by atoms with Crippen LogP contribution in [0.25, 0.3) is 0 Å². The van der Waals surface area contributed by atoms with Gasteiger partial charge in [0, 0.05) is 34.7 Å². The molecule has 0 saturated heterocycles. The zero-order valence-electron chi connectivity index (χ0n) is 14.8. The van der Waals surface area contributed by atoms with Gasteiger partial charge in [-0.2, -0.15) is 17.9 Å².